The summed E-state index contributed by atoms with van der Waals surface area (Å²) in [4.78, 5) is 23.2. The molecule has 0 aliphatic carbocycles. The van der Waals surface area contributed by atoms with Crippen molar-refractivity contribution in [3.05, 3.63) is 12.2 Å². The Balaban J connectivity index is 2.47. The highest BCUT2D eigenvalue weighted by atomic mass is 16.4. The van der Waals surface area contributed by atoms with E-state index in [1.165, 1.54) is 0 Å². The van der Waals surface area contributed by atoms with Crippen molar-refractivity contribution in [2.45, 2.75) is 19.8 Å². The summed E-state index contributed by atoms with van der Waals surface area (Å²) in [6, 6.07) is 0. The zero-order chi connectivity index (χ0) is 10.6. The zero-order valence-electron chi connectivity index (χ0n) is 8.23. The summed E-state index contributed by atoms with van der Waals surface area (Å²) in [5.41, 5.74) is 0. The summed E-state index contributed by atoms with van der Waals surface area (Å²) in [5, 5.41) is 10.1. The molecule has 1 fully saturated rings. The Morgan fingerprint density at radius 2 is 2.14 bits per heavy atom. The average molecular weight is 196 g/mol. The fraction of sp³-hybridized carbons (Fsp3) is 0.600. The first-order valence-corrected chi connectivity index (χ1v) is 4.77. The van der Waals surface area contributed by atoms with E-state index < -0.39 is 5.97 Å². The standard InChI is InChI=1S/C10H15NO3/c1-8-3-2-6-11(7-8)9(12)4-5-10(13)14/h4-5,8H,2-3,6-7H2,1H3,(H,13,14)/p-1/b5-4+/t8-/m1/s1. The number of carboxylic acid groups (broad SMARTS) is 1. The van der Waals surface area contributed by atoms with Crippen molar-refractivity contribution in [2.24, 2.45) is 5.92 Å². The molecule has 1 rings (SSSR count). The monoisotopic (exact) mass is 196 g/mol. The summed E-state index contributed by atoms with van der Waals surface area (Å²) in [5.74, 6) is -1.06. The maximum absolute atomic E-state index is 11.4. The van der Waals surface area contributed by atoms with Crippen LogP contribution in [0.2, 0.25) is 0 Å². The van der Waals surface area contributed by atoms with Crippen molar-refractivity contribution in [1.82, 2.24) is 4.90 Å². The number of aliphatic carboxylic acids is 1. The van der Waals surface area contributed by atoms with E-state index in [-0.39, 0.29) is 5.91 Å². The van der Waals surface area contributed by atoms with E-state index in [0.717, 1.165) is 38.1 Å². The molecule has 0 unspecified atom stereocenters. The Labute approximate surface area is 83.2 Å². The number of hydrogen-bond donors (Lipinski definition) is 0. The molecule has 1 atom stereocenters. The average Bonchev–Trinajstić information content (AvgIpc) is 2.14. The third kappa shape index (κ3) is 3.20. The second-order valence-corrected chi connectivity index (χ2v) is 3.68. The molecule has 4 heteroatoms. The highest BCUT2D eigenvalue weighted by Gasteiger charge is 2.18. The van der Waals surface area contributed by atoms with Crippen LogP contribution in [0, 0.1) is 5.92 Å². The summed E-state index contributed by atoms with van der Waals surface area (Å²) < 4.78 is 0. The third-order valence-electron chi connectivity index (χ3n) is 2.33. The molecule has 0 radical (unpaired) electrons. The zero-order valence-corrected chi connectivity index (χ0v) is 8.23. The molecule has 1 amide bonds. The maximum Gasteiger partial charge on any atom is 0.246 e. The molecule has 4 nitrogen and oxygen atoms in total. The van der Waals surface area contributed by atoms with Gasteiger partial charge in [0.2, 0.25) is 5.91 Å². The van der Waals surface area contributed by atoms with Gasteiger partial charge in [0.05, 0.1) is 5.97 Å². The van der Waals surface area contributed by atoms with Crippen LogP contribution in [0.15, 0.2) is 12.2 Å². The molecule has 78 valence electrons. The number of amides is 1. The Bertz CT molecular complexity index is 260. The quantitative estimate of drug-likeness (QED) is 0.562. The number of hydrogen-bond acceptors (Lipinski definition) is 3. The lowest BCUT2D eigenvalue weighted by Crippen LogP contribution is -2.38. The van der Waals surface area contributed by atoms with Crippen LogP contribution >= 0.6 is 0 Å². The smallest absolute Gasteiger partial charge is 0.246 e. The molecule has 0 bridgehead atoms. The summed E-state index contributed by atoms with van der Waals surface area (Å²) >= 11 is 0. The van der Waals surface area contributed by atoms with Crippen LogP contribution in [0.3, 0.4) is 0 Å². The normalized spacial score (nSPS) is 22.6. The van der Waals surface area contributed by atoms with Gasteiger partial charge < -0.3 is 14.8 Å². The van der Waals surface area contributed by atoms with Gasteiger partial charge in [0, 0.05) is 19.2 Å². The van der Waals surface area contributed by atoms with E-state index in [9.17, 15) is 14.7 Å². The minimum Gasteiger partial charge on any atom is -0.545 e. The second kappa shape index (κ2) is 4.79. The van der Waals surface area contributed by atoms with Crippen molar-refractivity contribution in [3.63, 3.8) is 0 Å². The first-order chi connectivity index (χ1) is 6.59. The second-order valence-electron chi connectivity index (χ2n) is 3.68. The minimum absolute atomic E-state index is 0.235. The van der Waals surface area contributed by atoms with E-state index in [4.69, 9.17) is 0 Å². The molecular weight excluding hydrogens is 182 g/mol. The molecule has 0 saturated carbocycles. The molecule has 1 aliphatic rings. The SMILES string of the molecule is C[C@@H]1CCCN(C(=O)/C=C/C(=O)[O-])C1. The van der Waals surface area contributed by atoms with Crippen LogP contribution in [-0.4, -0.2) is 29.9 Å². The molecule has 1 saturated heterocycles. The lowest BCUT2D eigenvalue weighted by atomic mass is 10.0. The molecule has 0 spiro atoms. The van der Waals surface area contributed by atoms with E-state index in [2.05, 4.69) is 6.92 Å². The number of likely N-dealkylation sites (tertiary alicyclic amines) is 1. The highest BCUT2D eigenvalue weighted by Crippen LogP contribution is 2.15. The van der Waals surface area contributed by atoms with Crippen molar-refractivity contribution >= 4 is 11.9 Å². The van der Waals surface area contributed by atoms with Gasteiger partial charge in [0.25, 0.3) is 0 Å². The van der Waals surface area contributed by atoms with Gasteiger partial charge in [-0.25, -0.2) is 0 Å². The molecule has 0 N–H and O–H groups in total. The van der Waals surface area contributed by atoms with Crippen molar-refractivity contribution in [1.29, 1.82) is 0 Å². The van der Waals surface area contributed by atoms with Gasteiger partial charge >= 0.3 is 0 Å². The van der Waals surface area contributed by atoms with Gasteiger partial charge in [0.1, 0.15) is 0 Å². The molecular formula is C10H14NO3-. The van der Waals surface area contributed by atoms with E-state index >= 15 is 0 Å². The number of nitrogens with zero attached hydrogens (tertiary/aromatic N) is 1. The Hall–Kier alpha value is -1.32. The molecule has 1 aliphatic heterocycles. The topological polar surface area (TPSA) is 60.4 Å². The lowest BCUT2D eigenvalue weighted by molar-refractivity contribution is -0.297. The summed E-state index contributed by atoms with van der Waals surface area (Å²) in [6.45, 7) is 3.53. The predicted octanol–water partition coefficient (Wildman–Crippen LogP) is -0.449. The number of carboxylic acids is 1. The van der Waals surface area contributed by atoms with Gasteiger partial charge in [-0.3, -0.25) is 4.79 Å². The maximum atomic E-state index is 11.4. The van der Waals surface area contributed by atoms with Crippen LogP contribution in [0.5, 0.6) is 0 Å². The van der Waals surface area contributed by atoms with E-state index in [1.54, 1.807) is 4.90 Å². The number of carbonyl (C=O) groups excluding carboxylic acids is 2. The van der Waals surface area contributed by atoms with Gasteiger partial charge in [0.15, 0.2) is 0 Å². The first kappa shape index (κ1) is 10.8. The fourth-order valence-electron chi connectivity index (χ4n) is 1.63. The highest BCUT2D eigenvalue weighted by molar-refractivity contribution is 5.93. The van der Waals surface area contributed by atoms with Crippen molar-refractivity contribution in [3.8, 4) is 0 Å². The van der Waals surface area contributed by atoms with Gasteiger partial charge in [-0.15, -0.1) is 0 Å². The van der Waals surface area contributed by atoms with Gasteiger partial charge in [-0.1, -0.05) is 6.92 Å². The summed E-state index contributed by atoms with van der Waals surface area (Å²) in [6.07, 6.45) is 3.97. The van der Waals surface area contributed by atoms with Crippen LogP contribution in [-0.2, 0) is 9.59 Å². The first-order valence-electron chi connectivity index (χ1n) is 4.77. The predicted molar refractivity (Wildman–Crippen MR) is 49.1 cm³/mol. The molecule has 1 heterocycles. The number of piperidine rings is 1. The van der Waals surface area contributed by atoms with Crippen LogP contribution in [0.4, 0.5) is 0 Å². The number of carbonyl (C=O) groups is 2. The molecule has 0 aromatic rings. The number of rotatable bonds is 2. The van der Waals surface area contributed by atoms with Crippen molar-refractivity contribution in [2.75, 3.05) is 13.1 Å². The molecule has 14 heavy (non-hydrogen) atoms. The Kier molecular flexibility index (Phi) is 3.68. The van der Waals surface area contributed by atoms with E-state index in [0.29, 0.717) is 5.92 Å². The summed E-state index contributed by atoms with van der Waals surface area (Å²) in [7, 11) is 0. The van der Waals surface area contributed by atoms with E-state index in [1.807, 2.05) is 0 Å². The Morgan fingerprint density at radius 1 is 1.43 bits per heavy atom. The van der Waals surface area contributed by atoms with Crippen LogP contribution in [0.1, 0.15) is 19.8 Å². The van der Waals surface area contributed by atoms with Gasteiger partial charge in [-0.05, 0) is 24.8 Å². The molecule has 0 aromatic carbocycles. The van der Waals surface area contributed by atoms with Crippen LogP contribution in [0.25, 0.3) is 0 Å². The van der Waals surface area contributed by atoms with Gasteiger partial charge in [-0.2, -0.15) is 0 Å². The third-order valence-corrected chi connectivity index (χ3v) is 2.33. The van der Waals surface area contributed by atoms with Crippen molar-refractivity contribution < 1.29 is 14.7 Å². The lowest BCUT2D eigenvalue weighted by Gasteiger charge is -2.30. The fourth-order valence-corrected chi connectivity index (χ4v) is 1.63. The van der Waals surface area contributed by atoms with Crippen LogP contribution < -0.4 is 5.11 Å². The Morgan fingerprint density at radius 3 is 2.71 bits per heavy atom. The minimum atomic E-state index is -1.33. The largest absolute Gasteiger partial charge is 0.545 e. The molecule has 0 aromatic heterocycles.